The first-order chi connectivity index (χ1) is 22.1. The summed E-state index contributed by atoms with van der Waals surface area (Å²) < 4.78 is 87.5. The molecule has 0 radical (unpaired) electrons. The van der Waals surface area contributed by atoms with Crippen molar-refractivity contribution in [3.8, 4) is 28.4 Å². The number of halogens is 6. The summed E-state index contributed by atoms with van der Waals surface area (Å²) in [5.74, 6) is -0.776. The molecule has 1 aromatic heterocycles. The Morgan fingerprint density at radius 3 is 2.04 bits per heavy atom. The van der Waals surface area contributed by atoms with E-state index in [4.69, 9.17) is 4.98 Å². The van der Waals surface area contributed by atoms with Gasteiger partial charge in [0, 0.05) is 37.3 Å². The highest BCUT2D eigenvalue weighted by molar-refractivity contribution is 5.68. The molecule has 4 aromatic carbocycles. The lowest BCUT2D eigenvalue weighted by Crippen LogP contribution is -2.25. The van der Waals surface area contributed by atoms with E-state index in [0.29, 0.717) is 17.7 Å². The van der Waals surface area contributed by atoms with Crippen molar-refractivity contribution in [1.82, 2.24) is 14.5 Å². The smallest absolute Gasteiger partial charge is 0.416 e. The van der Waals surface area contributed by atoms with Gasteiger partial charge in [-0.05, 0) is 35.7 Å². The minimum atomic E-state index is -4.52. The minimum absolute atomic E-state index is 0.0919. The summed E-state index contributed by atoms with van der Waals surface area (Å²) in [6.07, 6.45) is -2.73. The molecule has 240 valence electrons. The molecule has 0 fully saturated rings. The first kappa shape index (κ1) is 32.8. The van der Waals surface area contributed by atoms with Crippen LogP contribution in [0.4, 0.5) is 26.3 Å². The van der Waals surface area contributed by atoms with Gasteiger partial charge in [-0.3, -0.25) is 4.90 Å². The van der Waals surface area contributed by atoms with Crippen LogP contribution in [-0.4, -0.2) is 21.1 Å². The van der Waals surface area contributed by atoms with Crippen molar-refractivity contribution < 1.29 is 31.1 Å². The van der Waals surface area contributed by atoms with Crippen molar-refractivity contribution in [3.05, 3.63) is 131 Å². The second kappa shape index (κ2) is 14.7. The second-order valence-corrected chi connectivity index (χ2v) is 11.0. The molecule has 0 amide bonds. The van der Waals surface area contributed by atoms with Crippen molar-refractivity contribution in [2.24, 2.45) is 0 Å². The number of alkyl halides is 5. The van der Waals surface area contributed by atoms with E-state index < -0.39 is 29.9 Å². The SMILES string of the molecule is CCCCn1c(-c2ccccc2)nc(-c2ccccc2)c1CN(Cc1cccc(C(F)(F)F)c1)Cc1ccc(OC(F)F)c(F)c1. The van der Waals surface area contributed by atoms with Crippen molar-refractivity contribution in [2.45, 2.75) is 58.7 Å². The molecule has 0 aliphatic rings. The van der Waals surface area contributed by atoms with Gasteiger partial charge in [-0.1, -0.05) is 98.3 Å². The first-order valence-electron chi connectivity index (χ1n) is 14.9. The predicted octanol–water partition coefficient (Wildman–Crippen LogP) is 9.98. The molecule has 0 N–H and O–H groups in total. The molecule has 5 rings (SSSR count). The highest BCUT2D eigenvalue weighted by Crippen LogP contribution is 2.33. The number of hydrogen-bond acceptors (Lipinski definition) is 3. The zero-order chi connectivity index (χ0) is 32.7. The van der Waals surface area contributed by atoms with Crippen LogP contribution < -0.4 is 4.74 Å². The maximum atomic E-state index is 14.8. The van der Waals surface area contributed by atoms with E-state index in [9.17, 15) is 26.3 Å². The minimum Gasteiger partial charge on any atom is -0.432 e. The molecule has 4 nitrogen and oxygen atoms in total. The fourth-order valence-corrected chi connectivity index (χ4v) is 5.41. The fourth-order valence-electron chi connectivity index (χ4n) is 5.41. The molecule has 0 bridgehead atoms. The van der Waals surface area contributed by atoms with Crippen molar-refractivity contribution in [1.29, 1.82) is 0 Å². The van der Waals surface area contributed by atoms with E-state index in [0.717, 1.165) is 65.4 Å². The molecule has 46 heavy (non-hydrogen) atoms. The van der Waals surface area contributed by atoms with Gasteiger partial charge in [-0.2, -0.15) is 22.0 Å². The van der Waals surface area contributed by atoms with Crippen LogP contribution in [0.2, 0.25) is 0 Å². The van der Waals surface area contributed by atoms with Gasteiger partial charge in [0.2, 0.25) is 0 Å². The quantitative estimate of drug-likeness (QED) is 0.120. The molecule has 0 saturated heterocycles. The highest BCUT2D eigenvalue weighted by Gasteiger charge is 2.30. The van der Waals surface area contributed by atoms with Crippen LogP contribution in [0.5, 0.6) is 5.75 Å². The molecule has 0 atom stereocenters. The maximum absolute atomic E-state index is 14.8. The highest BCUT2D eigenvalue weighted by atomic mass is 19.4. The molecule has 0 spiro atoms. The summed E-state index contributed by atoms with van der Waals surface area (Å²) in [5.41, 5.74) is 3.47. The Balaban J connectivity index is 1.61. The Morgan fingerprint density at radius 2 is 1.43 bits per heavy atom. The molecular formula is C36H33F6N3O. The molecular weight excluding hydrogens is 604 g/mol. The number of imidazole rings is 1. The van der Waals surface area contributed by atoms with E-state index >= 15 is 0 Å². The van der Waals surface area contributed by atoms with Crippen LogP contribution in [0, 0.1) is 5.82 Å². The second-order valence-electron chi connectivity index (χ2n) is 11.0. The summed E-state index contributed by atoms with van der Waals surface area (Å²) in [6.45, 7) is 0.0105. The Kier molecular flexibility index (Phi) is 10.5. The summed E-state index contributed by atoms with van der Waals surface area (Å²) in [5, 5.41) is 0. The number of ether oxygens (including phenoxy) is 1. The van der Waals surface area contributed by atoms with Crippen LogP contribution in [0.25, 0.3) is 22.6 Å². The molecule has 5 aromatic rings. The number of unbranched alkanes of at least 4 members (excludes halogenated alkanes) is 1. The Bertz CT molecular complexity index is 1720. The third-order valence-electron chi connectivity index (χ3n) is 7.54. The third kappa shape index (κ3) is 8.17. The van der Waals surface area contributed by atoms with Crippen LogP contribution in [0.3, 0.4) is 0 Å². The molecule has 0 unspecified atom stereocenters. The first-order valence-corrected chi connectivity index (χ1v) is 14.9. The topological polar surface area (TPSA) is 30.3 Å². The maximum Gasteiger partial charge on any atom is 0.416 e. The number of aromatic nitrogens is 2. The lowest BCUT2D eigenvalue weighted by Gasteiger charge is -2.25. The van der Waals surface area contributed by atoms with Gasteiger partial charge in [0.25, 0.3) is 0 Å². The van der Waals surface area contributed by atoms with Gasteiger partial charge in [0.05, 0.1) is 17.0 Å². The predicted molar refractivity (Wildman–Crippen MR) is 165 cm³/mol. The average Bonchev–Trinajstić information content (AvgIpc) is 3.39. The number of hydrogen-bond donors (Lipinski definition) is 0. The fraction of sp³-hybridized carbons (Fsp3) is 0.250. The molecule has 0 saturated carbocycles. The number of rotatable bonds is 13. The van der Waals surface area contributed by atoms with Crippen LogP contribution >= 0.6 is 0 Å². The zero-order valence-corrected chi connectivity index (χ0v) is 25.2. The van der Waals surface area contributed by atoms with Crippen LogP contribution in [0.1, 0.15) is 42.1 Å². The Morgan fingerprint density at radius 1 is 0.783 bits per heavy atom. The van der Waals surface area contributed by atoms with Crippen molar-refractivity contribution in [3.63, 3.8) is 0 Å². The Labute approximate surface area is 263 Å². The van der Waals surface area contributed by atoms with E-state index in [1.807, 2.05) is 65.6 Å². The van der Waals surface area contributed by atoms with Crippen LogP contribution in [0.15, 0.2) is 103 Å². The lowest BCUT2D eigenvalue weighted by molar-refractivity contribution is -0.137. The third-order valence-corrected chi connectivity index (χ3v) is 7.54. The van der Waals surface area contributed by atoms with E-state index in [-0.39, 0.29) is 19.6 Å². The summed E-state index contributed by atoms with van der Waals surface area (Å²) in [6, 6.07) is 28.2. The summed E-state index contributed by atoms with van der Waals surface area (Å²) >= 11 is 0. The van der Waals surface area contributed by atoms with Gasteiger partial charge in [0.15, 0.2) is 11.6 Å². The van der Waals surface area contributed by atoms with Crippen molar-refractivity contribution >= 4 is 0 Å². The van der Waals surface area contributed by atoms with Gasteiger partial charge >= 0.3 is 12.8 Å². The van der Waals surface area contributed by atoms with Crippen molar-refractivity contribution in [2.75, 3.05) is 0 Å². The molecule has 1 heterocycles. The largest absolute Gasteiger partial charge is 0.432 e. The number of nitrogens with zero attached hydrogens (tertiary/aromatic N) is 3. The van der Waals surface area contributed by atoms with Gasteiger partial charge in [-0.15, -0.1) is 0 Å². The van der Waals surface area contributed by atoms with E-state index in [1.165, 1.54) is 12.1 Å². The average molecular weight is 638 g/mol. The normalized spacial score (nSPS) is 11.8. The molecule has 0 aliphatic carbocycles. The van der Waals surface area contributed by atoms with Gasteiger partial charge in [0.1, 0.15) is 5.82 Å². The zero-order valence-electron chi connectivity index (χ0n) is 25.2. The summed E-state index contributed by atoms with van der Waals surface area (Å²) in [4.78, 5) is 7.01. The summed E-state index contributed by atoms with van der Waals surface area (Å²) in [7, 11) is 0. The van der Waals surface area contributed by atoms with E-state index in [1.54, 1.807) is 6.07 Å². The monoisotopic (exact) mass is 637 g/mol. The van der Waals surface area contributed by atoms with Gasteiger partial charge < -0.3 is 9.30 Å². The van der Waals surface area contributed by atoms with Gasteiger partial charge in [-0.25, -0.2) is 9.37 Å². The van der Waals surface area contributed by atoms with Crippen LogP contribution in [-0.2, 0) is 32.4 Å². The molecule has 0 aliphatic heterocycles. The lowest BCUT2D eigenvalue weighted by atomic mass is 10.1. The van der Waals surface area contributed by atoms with E-state index in [2.05, 4.69) is 16.2 Å². The standard InChI is InChI=1S/C36H33F6N3O/c1-2-3-19-45-31(33(27-12-6-4-7-13-27)43-34(45)28-14-8-5-9-15-28)24-44(22-25-11-10-16-29(20-25)36(40,41)42)23-26-17-18-32(30(37)21-26)46-35(38)39/h4-18,20-21,35H,2-3,19,22-24H2,1H3. The Hall–Kier alpha value is -4.57. The number of benzene rings is 4. The molecule has 10 heteroatoms.